The normalized spacial score (nSPS) is 28.8. The van der Waals surface area contributed by atoms with Gasteiger partial charge in [-0.25, -0.2) is 0 Å². The number of aromatic nitrogens is 2. The molecule has 3 aliphatic heterocycles. The van der Waals surface area contributed by atoms with Crippen molar-refractivity contribution in [2.45, 2.75) is 31.5 Å². The molecule has 1 spiro atoms. The fourth-order valence-electron chi connectivity index (χ4n) is 5.78. The first kappa shape index (κ1) is 21.2. The van der Waals surface area contributed by atoms with Gasteiger partial charge in [0.15, 0.2) is 0 Å². The lowest BCUT2D eigenvalue weighted by Crippen LogP contribution is -2.56. The Bertz CT molecular complexity index is 1040. The van der Waals surface area contributed by atoms with E-state index in [1.54, 1.807) is 10.9 Å². The summed E-state index contributed by atoms with van der Waals surface area (Å²) >= 11 is 0. The SMILES string of the molecule is Cc1cccc(C(=O)N2C[C@H]3O[C@@]4(CN(C(=O)CCc5ccnn5C)C[C@@H]4[C@@H]3CO)C2)c1. The fraction of sp³-hybridized carbons (Fsp3) is 0.542. The lowest BCUT2D eigenvalue weighted by atomic mass is 9.83. The number of nitrogens with zero attached hydrogens (tertiary/aromatic N) is 4. The van der Waals surface area contributed by atoms with E-state index in [2.05, 4.69) is 5.10 Å². The lowest BCUT2D eigenvalue weighted by Gasteiger charge is -2.40. The van der Waals surface area contributed by atoms with Crippen molar-refractivity contribution in [1.29, 1.82) is 0 Å². The molecule has 1 aromatic heterocycles. The molecule has 4 atom stereocenters. The van der Waals surface area contributed by atoms with Gasteiger partial charge in [-0.05, 0) is 31.5 Å². The first-order chi connectivity index (χ1) is 15.4. The van der Waals surface area contributed by atoms with Crippen molar-refractivity contribution in [3.05, 3.63) is 53.3 Å². The molecule has 0 aliphatic carbocycles. The summed E-state index contributed by atoms with van der Waals surface area (Å²) < 4.78 is 8.23. The van der Waals surface area contributed by atoms with E-state index in [-0.39, 0.29) is 36.4 Å². The molecule has 1 aromatic carbocycles. The first-order valence-electron chi connectivity index (χ1n) is 11.3. The highest BCUT2D eigenvalue weighted by Crippen LogP contribution is 2.49. The van der Waals surface area contributed by atoms with Crippen molar-refractivity contribution >= 4 is 11.8 Å². The van der Waals surface area contributed by atoms with E-state index in [0.717, 1.165) is 11.3 Å². The van der Waals surface area contributed by atoms with Gasteiger partial charge >= 0.3 is 0 Å². The van der Waals surface area contributed by atoms with Crippen LogP contribution < -0.4 is 0 Å². The van der Waals surface area contributed by atoms with Crippen LogP contribution in [0.3, 0.4) is 0 Å². The Morgan fingerprint density at radius 3 is 2.75 bits per heavy atom. The molecule has 3 saturated heterocycles. The predicted octanol–water partition coefficient (Wildman–Crippen LogP) is 1.02. The molecule has 1 N–H and O–H groups in total. The van der Waals surface area contributed by atoms with Crippen LogP contribution >= 0.6 is 0 Å². The number of fused-ring (bicyclic) bond motifs is 1. The average molecular weight is 439 g/mol. The summed E-state index contributed by atoms with van der Waals surface area (Å²) in [5, 5.41) is 14.3. The minimum atomic E-state index is -0.599. The van der Waals surface area contributed by atoms with Crippen LogP contribution in [-0.2, 0) is 23.0 Å². The molecule has 4 heterocycles. The number of aliphatic hydroxyl groups is 1. The number of ether oxygens (including phenoxy) is 1. The number of morpholine rings is 1. The van der Waals surface area contributed by atoms with Crippen LogP contribution in [0.1, 0.15) is 28.0 Å². The molecule has 3 fully saturated rings. The molecule has 170 valence electrons. The number of aryl methyl sites for hydroxylation is 3. The quantitative estimate of drug-likeness (QED) is 0.753. The Labute approximate surface area is 187 Å². The van der Waals surface area contributed by atoms with Gasteiger partial charge < -0.3 is 19.6 Å². The van der Waals surface area contributed by atoms with E-state index in [4.69, 9.17) is 4.74 Å². The largest absolute Gasteiger partial charge is 0.396 e. The fourth-order valence-corrected chi connectivity index (χ4v) is 5.78. The van der Waals surface area contributed by atoms with E-state index in [0.29, 0.717) is 44.6 Å². The number of hydrogen-bond acceptors (Lipinski definition) is 5. The zero-order chi connectivity index (χ0) is 22.5. The van der Waals surface area contributed by atoms with Gasteiger partial charge in [-0.15, -0.1) is 0 Å². The molecule has 5 rings (SSSR count). The predicted molar refractivity (Wildman–Crippen MR) is 117 cm³/mol. The number of likely N-dealkylation sites (tertiary alicyclic amines) is 2. The maximum absolute atomic E-state index is 13.3. The van der Waals surface area contributed by atoms with Gasteiger partial charge in [0.25, 0.3) is 5.91 Å². The molecule has 0 saturated carbocycles. The highest BCUT2D eigenvalue weighted by molar-refractivity contribution is 5.94. The second kappa shape index (κ2) is 8.01. The molecule has 8 nitrogen and oxygen atoms in total. The van der Waals surface area contributed by atoms with Gasteiger partial charge in [0.2, 0.25) is 5.91 Å². The van der Waals surface area contributed by atoms with Gasteiger partial charge in [-0.3, -0.25) is 14.3 Å². The van der Waals surface area contributed by atoms with Gasteiger partial charge in [-0.1, -0.05) is 17.7 Å². The van der Waals surface area contributed by atoms with Crippen molar-refractivity contribution < 1.29 is 19.4 Å². The van der Waals surface area contributed by atoms with E-state index in [1.807, 2.05) is 54.1 Å². The van der Waals surface area contributed by atoms with E-state index >= 15 is 0 Å². The number of rotatable bonds is 5. The van der Waals surface area contributed by atoms with Gasteiger partial charge in [0.1, 0.15) is 5.60 Å². The molecule has 0 radical (unpaired) electrons. The van der Waals surface area contributed by atoms with E-state index in [1.165, 1.54) is 0 Å². The molecule has 2 aromatic rings. The van der Waals surface area contributed by atoms with Crippen LogP contribution in [0.25, 0.3) is 0 Å². The molecule has 3 aliphatic rings. The van der Waals surface area contributed by atoms with Crippen LogP contribution in [0.5, 0.6) is 0 Å². The number of carbonyl (C=O) groups excluding carboxylic acids is 2. The van der Waals surface area contributed by atoms with Crippen molar-refractivity contribution in [2.75, 3.05) is 32.8 Å². The lowest BCUT2D eigenvalue weighted by molar-refractivity contribution is -0.136. The first-order valence-corrected chi connectivity index (χ1v) is 11.3. The Kier molecular flexibility index (Phi) is 5.29. The van der Waals surface area contributed by atoms with Crippen LogP contribution in [-0.4, -0.2) is 81.0 Å². The summed E-state index contributed by atoms with van der Waals surface area (Å²) in [4.78, 5) is 30.0. The number of benzene rings is 1. The second-order valence-corrected chi connectivity index (χ2v) is 9.45. The summed E-state index contributed by atoms with van der Waals surface area (Å²) in [6, 6.07) is 9.54. The van der Waals surface area contributed by atoms with Crippen molar-refractivity contribution in [1.82, 2.24) is 19.6 Å². The monoisotopic (exact) mass is 438 g/mol. The maximum Gasteiger partial charge on any atom is 0.254 e. The summed E-state index contributed by atoms with van der Waals surface area (Å²) in [7, 11) is 1.88. The third kappa shape index (κ3) is 3.51. The molecule has 32 heavy (non-hydrogen) atoms. The Hall–Kier alpha value is -2.71. The third-order valence-corrected chi connectivity index (χ3v) is 7.42. The van der Waals surface area contributed by atoms with Crippen molar-refractivity contribution in [3.63, 3.8) is 0 Å². The Morgan fingerprint density at radius 2 is 2.03 bits per heavy atom. The van der Waals surface area contributed by atoms with Crippen molar-refractivity contribution in [2.24, 2.45) is 18.9 Å². The molecular formula is C24H30N4O4. The van der Waals surface area contributed by atoms with E-state index < -0.39 is 5.60 Å². The number of hydrogen-bond donors (Lipinski definition) is 1. The average Bonchev–Trinajstić information content (AvgIpc) is 3.40. The van der Waals surface area contributed by atoms with Crippen LogP contribution in [0.4, 0.5) is 0 Å². The molecule has 0 unspecified atom stereocenters. The molecule has 8 heteroatoms. The topological polar surface area (TPSA) is 87.9 Å². The number of carbonyl (C=O) groups is 2. The minimum absolute atomic E-state index is 0.000604. The van der Waals surface area contributed by atoms with E-state index in [9.17, 15) is 14.7 Å². The minimum Gasteiger partial charge on any atom is -0.396 e. The smallest absolute Gasteiger partial charge is 0.254 e. The Balaban J connectivity index is 1.32. The molecule has 2 amide bonds. The highest BCUT2D eigenvalue weighted by atomic mass is 16.5. The second-order valence-electron chi connectivity index (χ2n) is 9.45. The summed E-state index contributed by atoms with van der Waals surface area (Å²) in [6.45, 7) is 3.93. The summed E-state index contributed by atoms with van der Waals surface area (Å²) in [5.41, 5.74) is 2.13. The third-order valence-electron chi connectivity index (χ3n) is 7.42. The van der Waals surface area contributed by atoms with Crippen LogP contribution in [0.15, 0.2) is 36.5 Å². The number of aliphatic hydroxyl groups excluding tert-OH is 1. The van der Waals surface area contributed by atoms with Gasteiger partial charge in [-0.2, -0.15) is 5.10 Å². The molecular weight excluding hydrogens is 408 g/mol. The summed E-state index contributed by atoms with van der Waals surface area (Å²) in [5.74, 6) is 0.0299. The number of amides is 2. The maximum atomic E-state index is 13.3. The standard InChI is InChI=1S/C24H30N4O4/c1-16-4-3-5-17(10-16)23(31)28-12-21-19(13-29)20-11-27(14-24(20,15-28)32-21)22(30)7-6-18-8-9-25-26(18)2/h3-5,8-10,19-21,29H,6-7,11-15H2,1-2H3/t19-,20+,21+,24-/m0/s1. The van der Waals surface area contributed by atoms with Gasteiger partial charge in [0.05, 0.1) is 19.2 Å². The van der Waals surface area contributed by atoms with Crippen molar-refractivity contribution in [3.8, 4) is 0 Å². The Morgan fingerprint density at radius 1 is 1.22 bits per heavy atom. The van der Waals surface area contributed by atoms with Gasteiger partial charge in [0, 0.05) is 62.5 Å². The van der Waals surface area contributed by atoms with Crippen LogP contribution in [0.2, 0.25) is 0 Å². The summed E-state index contributed by atoms with van der Waals surface area (Å²) in [6.07, 6.45) is 2.58. The highest BCUT2D eigenvalue weighted by Gasteiger charge is 2.63. The molecule has 2 bridgehead atoms. The zero-order valence-electron chi connectivity index (χ0n) is 18.6. The van der Waals surface area contributed by atoms with Crippen LogP contribution in [0, 0.1) is 18.8 Å². The zero-order valence-corrected chi connectivity index (χ0v) is 18.6.